The average Bonchev–Trinajstić information content (AvgIpc) is 3.15. The lowest BCUT2D eigenvalue weighted by Gasteiger charge is -2.17. The van der Waals surface area contributed by atoms with Gasteiger partial charge in [-0.05, 0) is 34.4 Å². The number of carbonyl (C=O) groups excluding carboxylic acids is 2. The van der Waals surface area contributed by atoms with Gasteiger partial charge in [0.2, 0.25) is 0 Å². The molecular weight excluding hydrogens is 436 g/mol. The number of nitrogens with zero attached hydrogens (tertiary/aromatic N) is 1. The van der Waals surface area contributed by atoms with Gasteiger partial charge in [0.25, 0.3) is 5.91 Å². The Morgan fingerprint density at radius 3 is 2.18 bits per heavy atom. The number of aliphatic carboxylic acids is 1. The molecule has 1 aliphatic rings. The molecule has 0 bridgehead atoms. The van der Waals surface area contributed by atoms with E-state index in [0.29, 0.717) is 5.69 Å². The van der Waals surface area contributed by atoms with Crippen molar-refractivity contribution >= 4 is 23.7 Å². The summed E-state index contributed by atoms with van der Waals surface area (Å²) < 4.78 is 10.8. The summed E-state index contributed by atoms with van der Waals surface area (Å²) in [5.41, 5.74) is 5.09. The first-order chi connectivity index (χ1) is 16.4. The fraction of sp³-hybridized carbons (Fsp3) is 0.192. The van der Waals surface area contributed by atoms with Crippen LogP contribution < -0.4 is 10.1 Å². The van der Waals surface area contributed by atoms with Crippen molar-refractivity contribution < 1.29 is 29.0 Å². The van der Waals surface area contributed by atoms with E-state index in [1.807, 2.05) is 36.4 Å². The molecule has 34 heavy (non-hydrogen) atoms. The Morgan fingerprint density at radius 2 is 1.59 bits per heavy atom. The molecule has 8 heteroatoms. The summed E-state index contributed by atoms with van der Waals surface area (Å²) in [6.07, 6.45) is -0.633. The van der Waals surface area contributed by atoms with Crippen molar-refractivity contribution in [2.24, 2.45) is 0 Å². The number of ether oxygens (including phenoxy) is 2. The van der Waals surface area contributed by atoms with Gasteiger partial charge in [0.1, 0.15) is 18.9 Å². The third-order valence-corrected chi connectivity index (χ3v) is 5.74. The maximum atomic E-state index is 12.5. The number of hydrogen-bond donors (Lipinski definition) is 2. The van der Waals surface area contributed by atoms with Gasteiger partial charge in [0.15, 0.2) is 0 Å². The van der Waals surface area contributed by atoms with E-state index < -0.39 is 24.5 Å². The Labute approximate surface area is 196 Å². The molecule has 2 amide bonds. The molecular formula is C26H24N2O6. The molecule has 0 saturated heterocycles. The van der Waals surface area contributed by atoms with E-state index in [1.165, 1.54) is 32.4 Å². The van der Waals surface area contributed by atoms with Crippen molar-refractivity contribution in [1.29, 1.82) is 0 Å². The predicted molar refractivity (Wildman–Crippen MR) is 126 cm³/mol. The lowest BCUT2D eigenvalue weighted by Crippen LogP contribution is -2.32. The van der Waals surface area contributed by atoms with Gasteiger partial charge in [-0.25, -0.2) is 4.79 Å². The van der Waals surface area contributed by atoms with Gasteiger partial charge in [-0.1, -0.05) is 48.5 Å². The number of carboxylic acid groups (broad SMARTS) is 1. The highest BCUT2D eigenvalue weighted by atomic mass is 16.5. The maximum absolute atomic E-state index is 12.5. The van der Waals surface area contributed by atoms with Gasteiger partial charge in [-0.15, -0.1) is 0 Å². The van der Waals surface area contributed by atoms with E-state index in [2.05, 4.69) is 17.4 Å². The van der Waals surface area contributed by atoms with Crippen molar-refractivity contribution in [3.63, 3.8) is 0 Å². The van der Waals surface area contributed by atoms with Gasteiger partial charge in [0.05, 0.1) is 12.7 Å². The van der Waals surface area contributed by atoms with Crippen LogP contribution in [0, 0.1) is 0 Å². The summed E-state index contributed by atoms with van der Waals surface area (Å²) in [5, 5.41) is 11.6. The largest absolute Gasteiger partial charge is 0.496 e. The number of likely N-dealkylation sites (N-methyl/N-ethyl adjacent to an activating group) is 1. The molecule has 4 rings (SSSR count). The molecule has 2 N–H and O–H groups in total. The first-order valence-corrected chi connectivity index (χ1v) is 10.7. The summed E-state index contributed by atoms with van der Waals surface area (Å²) in [4.78, 5) is 37.0. The summed E-state index contributed by atoms with van der Waals surface area (Å²) in [5.74, 6) is -1.48. The smallest absolute Gasteiger partial charge is 0.411 e. The summed E-state index contributed by atoms with van der Waals surface area (Å²) in [6, 6.07) is 20.6. The van der Waals surface area contributed by atoms with Crippen molar-refractivity contribution in [3.05, 3.63) is 83.4 Å². The molecule has 0 saturated carbocycles. The highest BCUT2D eigenvalue weighted by Crippen LogP contribution is 2.44. The lowest BCUT2D eigenvalue weighted by molar-refractivity contribution is -0.137. The lowest BCUT2D eigenvalue weighted by atomic mass is 9.98. The van der Waals surface area contributed by atoms with E-state index >= 15 is 0 Å². The standard InChI is InChI=1S/C26H24N2O6/c1-28(14-24(29)30)25(31)21-12-11-16(13-23(21)33-2)27-26(32)34-15-22-19-9-5-3-7-17(19)18-8-4-6-10-20(18)22/h3-13,22H,14-15H2,1-2H3,(H,27,32)(H,29,30). The molecule has 174 valence electrons. The molecule has 8 nitrogen and oxygen atoms in total. The van der Waals surface area contributed by atoms with E-state index in [9.17, 15) is 14.4 Å². The minimum Gasteiger partial charge on any atom is -0.496 e. The Hall–Kier alpha value is -4.33. The highest BCUT2D eigenvalue weighted by Gasteiger charge is 2.29. The van der Waals surface area contributed by atoms with Crippen LogP contribution in [0.4, 0.5) is 10.5 Å². The van der Waals surface area contributed by atoms with Gasteiger partial charge in [-0.2, -0.15) is 0 Å². The van der Waals surface area contributed by atoms with Crippen LogP contribution in [0.5, 0.6) is 5.75 Å². The van der Waals surface area contributed by atoms with Gasteiger partial charge in [-0.3, -0.25) is 14.9 Å². The topological polar surface area (TPSA) is 105 Å². The number of methoxy groups -OCH3 is 1. The zero-order valence-electron chi connectivity index (χ0n) is 18.8. The summed E-state index contributed by atoms with van der Waals surface area (Å²) in [6.45, 7) is -0.269. The van der Waals surface area contributed by atoms with Crippen LogP contribution in [0.3, 0.4) is 0 Å². The monoisotopic (exact) mass is 460 g/mol. The number of carboxylic acids is 1. The average molecular weight is 460 g/mol. The molecule has 0 spiro atoms. The van der Waals surface area contributed by atoms with Crippen LogP contribution in [-0.2, 0) is 9.53 Å². The van der Waals surface area contributed by atoms with Gasteiger partial charge in [0, 0.05) is 24.7 Å². The number of nitrogens with one attached hydrogen (secondary N) is 1. The molecule has 3 aromatic rings. The number of amides is 2. The fourth-order valence-corrected chi connectivity index (χ4v) is 4.18. The maximum Gasteiger partial charge on any atom is 0.411 e. The Bertz CT molecular complexity index is 1210. The van der Waals surface area contributed by atoms with Crippen LogP contribution >= 0.6 is 0 Å². The predicted octanol–water partition coefficient (Wildman–Crippen LogP) is 4.21. The van der Waals surface area contributed by atoms with Crippen LogP contribution in [-0.4, -0.2) is 55.3 Å². The summed E-state index contributed by atoms with van der Waals surface area (Å²) in [7, 11) is 2.78. The number of fused-ring (bicyclic) bond motifs is 3. The van der Waals surface area contributed by atoms with E-state index in [0.717, 1.165) is 27.2 Å². The van der Waals surface area contributed by atoms with E-state index in [1.54, 1.807) is 0 Å². The fourth-order valence-electron chi connectivity index (χ4n) is 4.18. The van der Waals surface area contributed by atoms with E-state index in [4.69, 9.17) is 14.6 Å². The third-order valence-electron chi connectivity index (χ3n) is 5.74. The minimum atomic E-state index is -1.12. The zero-order chi connectivity index (χ0) is 24.2. The molecule has 0 aliphatic heterocycles. The summed E-state index contributed by atoms with van der Waals surface area (Å²) >= 11 is 0. The number of rotatable bonds is 7. The molecule has 0 heterocycles. The Balaban J connectivity index is 1.44. The second kappa shape index (κ2) is 9.66. The van der Waals surface area contributed by atoms with Gasteiger partial charge < -0.3 is 19.5 Å². The SMILES string of the molecule is COc1cc(NC(=O)OCC2c3ccccc3-c3ccccc32)ccc1C(=O)N(C)CC(=O)O. The van der Waals surface area contributed by atoms with E-state index in [-0.39, 0.29) is 23.8 Å². The van der Waals surface area contributed by atoms with Crippen molar-refractivity contribution in [2.45, 2.75) is 5.92 Å². The van der Waals surface area contributed by atoms with Crippen molar-refractivity contribution in [3.8, 4) is 16.9 Å². The van der Waals surface area contributed by atoms with Crippen molar-refractivity contribution in [2.75, 3.05) is 32.6 Å². The van der Waals surface area contributed by atoms with Gasteiger partial charge >= 0.3 is 12.1 Å². The first kappa shape index (κ1) is 22.8. The third kappa shape index (κ3) is 4.56. The Kier molecular flexibility index (Phi) is 6.49. The highest BCUT2D eigenvalue weighted by molar-refractivity contribution is 5.99. The molecule has 0 radical (unpaired) electrons. The number of carbonyl (C=O) groups is 3. The Morgan fingerprint density at radius 1 is 0.971 bits per heavy atom. The van der Waals surface area contributed by atoms with Crippen LogP contribution in [0.15, 0.2) is 66.7 Å². The molecule has 0 fully saturated rings. The molecule has 1 aliphatic carbocycles. The quantitative estimate of drug-likeness (QED) is 0.547. The number of benzene rings is 3. The van der Waals surface area contributed by atoms with Crippen LogP contribution in [0.1, 0.15) is 27.4 Å². The number of hydrogen-bond acceptors (Lipinski definition) is 5. The second-order valence-corrected chi connectivity index (χ2v) is 7.92. The van der Waals surface area contributed by atoms with Crippen LogP contribution in [0.2, 0.25) is 0 Å². The van der Waals surface area contributed by atoms with Crippen molar-refractivity contribution in [1.82, 2.24) is 4.90 Å². The molecule has 0 atom stereocenters. The molecule has 3 aromatic carbocycles. The number of anilines is 1. The zero-order valence-corrected chi connectivity index (χ0v) is 18.8. The first-order valence-electron chi connectivity index (χ1n) is 10.7. The van der Waals surface area contributed by atoms with Crippen LogP contribution in [0.25, 0.3) is 11.1 Å². The molecule has 0 unspecified atom stereocenters. The normalized spacial score (nSPS) is 11.8. The minimum absolute atomic E-state index is 0.0579. The second-order valence-electron chi connectivity index (χ2n) is 7.92. The molecule has 0 aromatic heterocycles.